The fourth-order valence-electron chi connectivity index (χ4n) is 2.52. The van der Waals surface area contributed by atoms with Crippen LogP contribution in [0.25, 0.3) is 5.57 Å². The Bertz CT molecular complexity index is 864. The number of unbranched alkanes of at least 4 members (excludes halogenated alkanes) is 3. The molecule has 0 unspecified atom stereocenters. The Morgan fingerprint density at radius 2 is 1.41 bits per heavy atom. The first-order valence-corrected chi connectivity index (χ1v) is 12.5. The zero-order valence-corrected chi connectivity index (χ0v) is 23.4. The lowest BCUT2D eigenvalue weighted by Gasteiger charge is -2.00. The van der Waals surface area contributed by atoms with Gasteiger partial charge in [0.25, 0.3) is 0 Å². The van der Waals surface area contributed by atoms with Gasteiger partial charge in [0.2, 0.25) is 0 Å². The zero-order valence-electron chi connectivity index (χ0n) is 23.4. The molecule has 0 heterocycles. The highest BCUT2D eigenvalue weighted by atomic mass is 14.7. The second-order valence-electron chi connectivity index (χ2n) is 8.44. The van der Waals surface area contributed by atoms with Crippen LogP contribution < -0.4 is 5.73 Å². The number of nitrogens with zero attached hydrogens (tertiary/aromatic N) is 1. The third kappa shape index (κ3) is 19.8. The minimum Gasteiger partial charge on any atom is -0.399 e. The van der Waals surface area contributed by atoms with E-state index < -0.39 is 0 Å². The lowest BCUT2D eigenvalue weighted by atomic mass is 10.1. The molecule has 0 amide bonds. The molecule has 0 aliphatic carbocycles. The van der Waals surface area contributed by atoms with Crippen LogP contribution in [0.3, 0.4) is 0 Å². The SMILES string of the molecule is C/C=C(\C)c1cccc(C)c1.C=C(C)C(C)=N/C=C\C.CCCCCC.Cc1cccc(N)c1. The lowest BCUT2D eigenvalue weighted by Crippen LogP contribution is -1.88. The summed E-state index contributed by atoms with van der Waals surface area (Å²) in [5.74, 6) is 0. The van der Waals surface area contributed by atoms with Crippen molar-refractivity contribution in [3.05, 3.63) is 95.7 Å². The molecule has 2 heteroatoms. The predicted molar refractivity (Wildman–Crippen MR) is 159 cm³/mol. The molecule has 0 aliphatic heterocycles. The molecule has 2 nitrogen and oxygen atoms in total. The molecule has 0 radical (unpaired) electrons. The van der Waals surface area contributed by atoms with Crippen LogP contribution in [0.2, 0.25) is 0 Å². The van der Waals surface area contributed by atoms with Crippen LogP contribution in [0.15, 0.2) is 84.0 Å². The molecule has 0 atom stereocenters. The number of aryl methyl sites for hydroxylation is 2. The first kappa shape index (κ1) is 33.3. The van der Waals surface area contributed by atoms with Gasteiger partial charge in [0.05, 0.1) is 0 Å². The van der Waals surface area contributed by atoms with Crippen molar-refractivity contribution in [3.63, 3.8) is 0 Å². The summed E-state index contributed by atoms with van der Waals surface area (Å²) in [5.41, 5.74) is 13.5. The Morgan fingerprint density at radius 3 is 1.76 bits per heavy atom. The smallest absolute Gasteiger partial charge is 0.0395 e. The first-order valence-electron chi connectivity index (χ1n) is 12.5. The van der Waals surface area contributed by atoms with Crippen molar-refractivity contribution < 1.29 is 0 Å². The van der Waals surface area contributed by atoms with Crippen LogP contribution in [0, 0.1) is 13.8 Å². The van der Waals surface area contributed by atoms with Crippen LogP contribution in [-0.2, 0) is 0 Å². The fourth-order valence-corrected chi connectivity index (χ4v) is 2.52. The summed E-state index contributed by atoms with van der Waals surface area (Å²) in [5, 5.41) is 0. The molecule has 2 N–H and O–H groups in total. The van der Waals surface area contributed by atoms with Gasteiger partial charge in [0, 0.05) is 17.6 Å². The second kappa shape index (κ2) is 21.9. The molecule has 0 aromatic heterocycles. The number of allylic oxidation sites excluding steroid dienone is 4. The van der Waals surface area contributed by atoms with Gasteiger partial charge >= 0.3 is 0 Å². The molecule has 188 valence electrons. The molecular formula is C32H50N2. The molecular weight excluding hydrogens is 412 g/mol. The van der Waals surface area contributed by atoms with E-state index in [2.05, 4.69) is 76.5 Å². The van der Waals surface area contributed by atoms with Gasteiger partial charge in [-0.15, -0.1) is 0 Å². The van der Waals surface area contributed by atoms with E-state index in [0.29, 0.717) is 0 Å². The molecule has 0 fully saturated rings. The maximum Gasteiger partial charge on any atom is 0.0395 e. The molecule has 0 aliphatic rings. The van der Waals surface area contributed by atoms with Crippen LogP contribution in [0.5, 0.6) is 0 Å². The van der Waals surface area contributed by atoms with Gasteiger partial charge in [-0.2, -0.15) is 0 Å². The first-order chi connectivity index (χ1) is 16.1. The van der Waals surface area contributed by atoms with Gasteiger partial charge < -0.3 is 5.73 Å². The van der Waals surface area contributed by atoms with E-state index in [1.54, 1.807) is 6.20 Å². The number of nitrogen functional groups attached to an aromatic ring is 1. The van der Waals surface area contributed by atoms with Crippen LogP contribution in [-0.4, -0.2) is 5.71 Å². The minimum atomic E-state index is 0.838. The molecule has 2 aromatic carbocycles. The highest BCUT2D eigenvalue weighted by Crippen LogP contribution is 2.14. The Hall–Kier alpha value is -2.87. The summed E-state index contributed by atoms with van der Waals surface area (Å²) in [6.07, 6.45) is 11.3. The molecule has 0 spiro atoms. The number of rotatable bonds is 6. The Labute approximate surface area is 211 Å². The van der Waals surface area contributed by atoms with Crippen molar-refractivity contribution in [2.75, 3.05) is 5.73 Å². The van der Waals surface area contributed by atoms with Crippen LogP contribution >= 0.6 is 0 Å². The van der Waals surface area contributed by atoms with E-state index in [1.165, 1.54) is 47.9 Å². The summed E-state index contributed by atoms with van der Waals surface area (Å²) in [6, 6.07) is 16.4. The van der Waals surface area contributed by atoms with Gasteiger partial charge in [-0.25, -0.2) is 0 Å². The monoisotopic (exact) mass is 462 g/mol. The summed E-state index contributed by atoms with van der Waals surface area (Å²) in [6.45, 7) is 22.4. The predicted octanol–water partition coefficient (Wildman–Crippen LogP) is 10.1. The summed E-state index contributed by atoms with van der Waals surface area (Å²) < 4.78 is 0. The fraction of sp³-hybridized carbons (Fsp3) is 0.406. The average Bonchev–Trinajstić information content (AvgIpc) is 2.81. The third-order valence-corrected chi connectivity index (χ3v) is 4.94. The molecule has 0 bridgehead atoms. The number of benzene rings is 2. The van der Waals surface area contributed by atoms with Crippen molar-refractivity contribution in [1.29, 1.82) is 0 Å². The van der Waals surface area contributed by atoms with Crippen molar-refractivity contribution in [3.8, 4) is 0 Å². The van der Waals surface area contributed by atoms with Gasteiger partial charge in [0.15, 0.2) is 0 Å². The van der Waals surface area contributed by atoms with Gasteiger partial charge in [0.1, 0.15) is 0 Å². The highest BCUT2D eigenvalue weighted by molar-refractivity contribution is 5.97. The maximum absolute atomic E-state index is 5.46. The highest BCUT2D eigenvalue weighted by Gasteiger charge is 1.92. The average molecular weight is 463 g/mol. The molecule has 0 saturated heterocycles. The van der Waals surface area contributed by atoms with E-state index in [-0.39, 0.29) is 0 Å². The van der Waals surface area contributed by atoms with Crippen molar-refractivity contribution >= 4 is 17.0 Å². The van der Waals surface area contributed by atoms with E-state index in [1.807, 2.05) is 58.0 Å². The number of aliphatic imine (C=N–C) groups is 1. The number of nitrogens with two attached hydrogens (primary N) is 1. The molecule has 0 saturated carbocycles. The van der Waals surface area contributed by atoms with Gasteiger partial charge in [-0.05, 0) is 82.9 Å². The van der Waals surface area contributed by atoms with Gasteiger partial charge in [-0.3, -0.25) is 4.99 Å². The van der Waals surface area contributed by atoms with Crippen molar-refractivity contribution in [2.24, 2.45) is 4.99 Å². The number of hydrogen-bond acceptors (Lipinski definition) is 2. The van der Waals surface area contributed by atoms with Crippen LogP contribution in [0.4, 0.5) is 5.69 Å². The lowest BCUT2D eigenvalue weighted by molar-refractivity contribution is 0.702. The minimum absolute atomic E-state index is 0.838. The molecule has 34 heavy (non-hydrogen) atoms. The Kier molecular flexibility index (Phi) is 21.5. The molecule has 2 aromatic rings. The zero-order chi connectivity index (χ0) is 26.4. The number of hydrogen-bond donors (Lipinski definition) is 1. The summed E-state index contributed by atoms with van der Waals surface area (Å²) in [7, 11) is 0. The third-order valence-electron chi connectivity index (χ3n) is 4.94. The van der Waals surface area contributed by atoms with E-state index in [9.17, 15) is 0 Å². The Balaban J connectivity index is 0. The largest absolute Gasteiger partial charge is 0.399 e. The van der Waals surface area contributed by atoms with Crippen molar-refractivity contribution in [1.82, 2.24) is 0 Å². The number of anilines is 1. The van der Waals surface area contributed by atoms with Crippen molar-refractivity contribution in [2.45, 2.75) is 88.0 Å². The van der Waals surface area contributed by atoms with E-state index in [0.717, 1.165) is 17.0 Å². The van der Waals surface area contributed by atoms with Gasteiger partial charge in [-0.1, -0.05) is 100 Å². The standard InChI is InChI=1S/C11H14.C8H13N.C7H9N.C6H14/c1-4-10(3)11-7-5-6-9(2)8-11;1-5-6-9-8(4)7(2)3;1-6-3-2-4-7(8)5-6;1-3-5-6-4-2/h4-8H,1-3H3;5-6H,2H2,1,3-4H3;2-5H,8H2,1H3;3-6H2,1-2H3/b10-4+;6-5-,9-8?;;. The van der Waals surface area contributed by atoms with E-state index in [4.69, 9.17) is 5.73 Å². The summed E-state index contributed by atoms with van der Waals surface area (Å²) in [4.78, 5) is 4.08. The summed E-state index contributed by atoms with van der Waals surface area (Å²) >= 11 is 0. The van der Waals surface area contributed by atoms with E-state index >= 15 is 0 Å². The molecule has 2 rings (SSSR count). The quantitative estimate of drug-likeness (QED) is 0.259. The normalized spacial score (nSPS) is 10.9. The second-order valence-corrected chi connectivity index (χ2v) is 8.44. The topological polar surface area (TPSA) is 38.4 Å². The Morgan fingerprint density at radius 1 is 0.882 bits per heavy atom. The van der Waals surface area contributed by atoms with Crippen LogP contribution in [0.1, 0.15) is 90.8 Å². The maximum atomic E-state index is 5.46.